The molecule has 0 saturated carbocycles. The van der Waals surface area contributed by atoms with Crippen LogP contribution in [0, 0.1) is 0 Å². The van der Waals surface area contributed by atoms with Crippen molar-refractivity contribution in [3.05, 3.63) is 29.3 Å². The van der Waals surface area contributed by atoms with E-state index < -0.39 is 0 Å². The molecular formula is C13H16N2O. The van der Waals surface area contributed by atoms with Crippen LogP contribution in [-0.4, -0.2) is 25.1 Å². The van der Waals surface area contributed by atoms with Gasteiger partial charge in [0.15, 0.2) is 0 Å². The van der Waals surface area contributed by atoms with Crippen LogP contribution in [0.25, 0.3) is 0 Å². The molecule has 0 aromatic heterocycles. The van der Waals surface area contributed by atoms with Crippen molar-refractivity contribution in [2.75, 3.05) is 18.5 Å². The fourth-order valence-corrected chi connectivity index (χ4v) is 2.31. The number of fused-ring (bicyclic) bond motifs is 1. The van der Waals surface area contributed by atoms with Crippen LogP contribution in [0.2, 0.25) is 0 Å². The zero-order valence-electron chi connectivity index (χ0n) is 9.49. The number of benzene rings is 1. The summed E-state index contributed by atoms with van der Waals surface area (Å²) in [6.45, 7) is 3.83. The van der Waals surface area contributed by atoms with Gasteiger partial charge in [0.2, 0.25) is 5.90 Å². The van der Waals surface area contributed by atoms with Gasteiger partial charge in [-0.05, 0) is 31.4 Å². The largest absolute Gasteiger partial charge is 0.475 e. The van der Waals surface area contributed by atoms with Gasteiger partial charge in [-0.15, -0.1) is 0 Å². The quantitative estimate of drug-likeness (QED) is 0.781. The van der Waals surface area contributed by atoms with Crippen molar-refractivity contribution >= 4 is 11.6 Å². The fraction of sp³-hybridized carbons (Fsp3) is 0.462. The van der Waals surface area contributed by atoms with Crippen LogP contribution in [0.1, 0.15) is 24.5 Å². The van der Waals surface area contributed by atoms with Crippen LogP contribution in [0.15, 0.2) is 23.2 Å². The fourth-order valence-electron chi connectivity index (χ4n) is 2.31. The van der Waals surface area contributed by atoms with Crippen molar-refractivity contribution in [3.63, 3.8) is 0 Å². The molecule has 1 aromatic carbocycles. The van der Waals surface area contributed by atoms with Crippen molar-refractivity contribution < 1.29 is 4.74 Å². The van der Waals surface area contributed by atoms with E-state index in [2.05, 4.69) is 35.4 Å². The maximum atomic E-state index is 5.63. The molecule has 0 saturated heterocycles. The second kappa shape index (κ2) is 3.81. The van der Waals surface area contributed by atoms with Crippen LogP contribution in [-0.2, 0) is 11.2 Å². The highest BCUT2D eigenvalue weighted by Crippen LogP contribution is 2.28. The molecule has 3 rings (SSSR count). The molecule has 84 valence electrons. The normalized spacial score (nSPS) is 23.1. The van der Waals surface area contributed by atoms with Gasteiger partial charge in [-0.25, -0.2) is 4.99 Å². The Morgan fingerprint density at radius 3 is 3.19 bits per heavy atom. The van der Waals surface area contributed by atoms with Gasteiger partial charge >= 0.3 is 0 Å². The molecule has 1 unspecified atom stereocenters. The minimum Gasteiger partial charge on any atom is -0.475 e. The lowest BCUT2D eigenvalue weighted by atomic mass is 9.99. The molecule has 0 spiro atoms. The van der Waals surface area contributed by atoms with E-state index in [0.717, 1.165) is 24.4 Å². The Morgan fingerprint density at radius 1 is 1.44 bits per heavy atom. The number of rotatable bonds is 1. The molecule has 3 heteroatoms. The Bertz CT molecular complexity index is 440. The number of para-hydroxylation sites is 1. The summed E-state index contributed by atoms with van der Waals surface area (Å²) in [6, 6.07) is 6.66. The maximum absolute atomic E-state index is 5.63. The van der Waals surface area contributed by atoms with E-state index in [1.807, 2.05) is 0 Å². The molecule has 1 aromatic rings. The molecule has 0 aliphatic carbocycles. The summed E-state index contributed by atoms with van der Waals surface area (Å²) >= 11 is 0. The standard InChI is InChI=1S/C13H16N2O/c1-9-8-16-13(15-9)11-6-2-4-10-5-3-7-14-12(10)11/h2,4,6,9,14H,3,5,7-8H2,1H3. The smallest absolute Gasteiger partial charge is 0.218 e. The van der Waals surface area contributed by atoms with Crippen molar-refractivity contribution in [2.24, 2.45) is 4.99 Å². The molecule has 2 aliphatic heterocycles. The van der Waals surface area contributed by atoms with Gasteiger partial charge in [-0.2, -0.15) is 0 Å². The highest BCUT2D eigenvalue weighted by molar-refractivity contribution is 6.01. The minimum atomic E-state index is 0.287. The lowest BCUT2D eigenvalue weighted by Gasteiger charge is -2.20. The first-order valence-corrected chi connectivity index (χ1v) is 5.91. The average Bonchev–Trinajstić information content (AvgIpc) is 2.75. The van der Waals surface area contributed by atoms with Crippen molar-refractivity contribution in [1.29, 1.82) is 0 Å². The first kappa shape index (κ1) is 9.70. The van der Waals surface area contributed by atoms with Gasteiger partial charge in [0.25, 0.3) is 0 Å². The van der Waals surface area contributed by atoms with Gasteiger partial charge in [0.1, 0.15) is 6.61 Å². The summed E-state index contributed by atoms with van der Waals surface area (Å²) in [4.78, 5) is 4.52. The minimum absolute atomic E-state index is 0.287. The number of hydrogen-bond donors (Lipinski definition) is 1. The summed E-state index contributed by atoms with van der Waals surface area (Å²) in [5.74, 6) is 0.804. The Balaban J connectivity index is 2.04. The summed E-state index contributed by atoms with van der Waals surface area (Å²) in [5.41, 5.74) is 3.73. The zero-order chi connectivity index (χ0) is 11.0. The van der Waals surface area contributed by atoms with Crippen molar-refractivity contribution in [1.82, 2.24) is 0 Å². The monoisotopic (exact) mass is 216 g/mol. The molecule has 0 fully saturated rings. The SMILES string of the molecule is CC1COC(c2cccc3c2NCCC3)=N1. The molecule has 0 amide bonds. The van der Waals surface area contributed by atoms with Gasteiger partial charge in [0, 0.05) is 6.54 Å². The van der Waals surface area contributed by atoms with Crippen LogP contribution in [0.4, 0.5) is 5.69 Å². The number of aryl methyl sites for hydroxylation is 1. The van der Waals surface area contributed by atoms with E-state index in [0.29, 0.717) is 6.61 Å². The molecule has 2 heterocycles. The van der Waals surface area contributed by atoms with Gasteiger partial charge in [-0.1, -0.05) is 12.1 Å². The highest BCUT2D eigenvalue weighted by Gasteiger charge is 2.21. The van der Waals surface area contributed by atoms with E-state index in [4.69, 9.17) is 4.74 Å². The first-order valence-electron chi connectivity index (χ1n) is 5.91. The highest BCUT2D eigenvalue weighted by atomic mass is 16.5. The molecular weight excluding hydrogens is 200 g/mol. The van der Waals surface area contributed by atoms with Crippen molar-refractivity contribution in [2.45, 2.75) is 25.8 Å². The topological polar surface area (TPSA) is 33.6 Å². The van der Waals surface area contributed by atoms with Gasteiger partial charge in [0.05, 0.1) is 17.3 Å². The summed E-state index contributed by atoms with van der Waals surface area (Å²) < 4.78 is 5.63. The second-order valence-electron chi connectivity index (χ2n) is 4.46. The number of anilines is 1. The lowest BCUT2D eigenvalue weighted by molar-refractivity contribution is 0.324. The molecule has 1 N–H and O–H groups in total. The van der Waals surface area contributed by atoms with E-state index in [-0.39, 0.29) is 6.04 Å². The van der Waals surface area contributed by atoms with Crippen LogP contribution < -0.4 is 5.32 Å². The number of ether oxygens (including phenoxy) is 1. The van der Waals surface area contributed by atoms with Gasteiger partial charge < -0.3 is 10.1 Å². The van der Waals surface area contributed by atoms with E-state index in [1.54, 1.807) is 0 Å². The molecule has 2 aliphatic rings. The van der Waals surface area contributed by atoms with E-state index >= 15 is 0 Å². The Hall–Kier alpha value is -1.51. The summed E-state index contributed by atoms with van der Waals surface area (Å²) in [5, 5.41) is 3.46. The third kappa shape index (κ3) is 1.56. The molecule has 1 atom stereocenters. The predicted molar refractivity (Wildman–Crippen MR) is 65.2 cm³/mol. The van der Waals surface area contributed by atoms with Crippen LogP contribution in [0.3, 0.4) is 0 Å². The molecule has 3 nitrogen and oxygen atoms in total. The Labute approximate surface area is 95.5 Å². The van der Waals surface area contributed by atoms with Crippen molar-refractivity contribution in [3.8, 4) is 0 Å². The number of aliphatic imine (C=N–C) groups is 1. The van der Waals surface area contributed by atoms with E-state index in [9.17, 15) is 0 Å². The van der Waals surface area contributed by atoms with Crippen LogP contribution >= 0.6 is 0 Å². The summed E-state index contributed by atoms with van der Waals surface area (Å²) in [7, 11) is 0. The predicted octanol–water partition coefficient (Wildman–Crippen LogP) is 2.21. The van der Waals surface area contributed by atoms with Crippen LogP contribution in [0.5, 0.6) is 0 Å². The Morgan fingerprint density at radius 2 is 2.38 bits per heavy atom. The maximum Gasteiger partial charge on any atom is 0.218 e. The summed E-state index contributed by atoms with van der Waals surface area (Å²) in [6.07, 6.45) is 2.36. The van der Waals surface area contributed by atoms with E-state index in [1.165, 1.54) is 17.7 Å². The third-order valence-electron chi connectivity index (χ3n) is 3.10. The number of nitrogens with one attached hydrogen (secondary N) is 1. The number of hydrogen-bond acceptors (Lipinski definition) is 3. The third-order valence-corrected chi connectivity index (χ3v) is 3.10. The molecule has 0 radical (unpaired) electrons. The average molecular weight is 216 g/mol. The molecule has 0 bridgehead atoms. The molecule has 16 heavy (non-hydrogen) atoms. The lowest BCUT2D eigenvalue weighted by Crippen LogP contribution is -2.16. The second-order valence-corrected chi connectivity index (χ2v) is 4.46. The first-order chi connectivity index (χ1) is 7.84. The van der Waals surface area contributed by atoms with Gasteiger partial charge in [-0.3, -0.25) is 0 Å². The zero-order valence-corrected chi connectivity index (χ0v) is 9.49. The Kier molecular flexibility index (Phi) is 2.31. The number of nitrogens with zero attached hydrogens (tertiary/aromatic N) is 1.